The van der Waals surface area contributed by atoms with Gasteiger partial charge in [0.25, 0.3) is 5.79 Å². The SMILES string of the molecule is CCCCCCCCCCCCCCCC(CCCCCCC)C(OC)(OC)C(=O)O.CCCCCO[SiH3]. The van der Waals surface area contributed by atoms with Gasteiger partial charge in [-0.2, -0.15) is 0 Å². The normalized spacial score (nSPS) is 12.3. The molecule has 0 heterocycles. The minimum atomic E-state index is -1.50. The molecule has 0 fully saturated rings. The Balaban J connectivity index is 0. The van der Waals surface area contributed by atoms with Crippen LogP contribution in [0.1, 0.15) is 168 Å². The first-order chi connectivity index (χ1) is 18.5. The fourth-order valence-corrected chi connectivity index (χ4v) is 5.48. The smallest absolute Gasteiger partial charge is 0.364 e. The van der Waals surface area contributed by atoms with E-state index in [2.05, 4.69) is 20.8 Å². The fraction of sp³-hybridized carbons (Fsp3) is 0.969. The first-order valence-corrected chi connectivity index (χ1v) is 17.1. The molecule has 0 aromatic heterocycles. The lowest BCUT2D eigenvalue weighted by molar-refractivity contribution is -0.248. The number of aliphatic carboxylic acids is 1. The second-order valence-corrected chi connectivity index (χ2v) is 11.6. The summed E-state index contributed by atoms with van der Waals surface area (Å²) in [7, 11) is 3.83. The van der Waals surface area contributed by atoms with Crippen molar-refractivity contribution in [2.24, 2.45) is 5.92 Å². The van der Waals surface area contributed by atoms with Crippen LogP contribution < -0.4 is 0 Å². The molecule has 0 radical (unpaired) electrons. The molecule has 6 heteroatoms. The van der Waals surface area contributed by atoms with E-state index >= 15 is 0 Å². The van der Waals surface area contributed by atoms with Gasteiger partial charge in [0.05, 0.1) is 0 Å². The van der Waals surface area contributed by atoms with Crippen LogP contribution in [0.2, 0.25) is 0 Å². The number of carboxylic acid groups (broad SMARTS) is 1. The first kappa shape index (κ1) is 39.7. The summed E-state index contributed by atoms with van der Waals surface area (Å²) in [4.78, 5) is 11.9. The van der Waals surface area contributed by atoms with Gasteiger partial charge >= 0.3 is 5.97 Å². The zero-order chi connectivity index (χ0) is 28.7. The van der Waals surface area contributed by atoms with Crippen molar-refractivity contribution in [3.63, 3.8) is 0 Å². The molecule has 0 saturated heterocycles. The van der Waals surface area contributed by atoms with Crippen LogP contribution in [-0.4, -0.2) is 48.2 Å². The van der Waals surface area contributed by atoms with Gasteiger partial charge in [0, 0.05) is 26.7 Å². The maximum Gasteiger partial charge on any atom is 0.364 e. The van der Waals surface area contributed by atoms with Crippen LogP contribution in [0.15, 0.2) is 0 Å². The molecular weight excluding hydrogens is 492 g/mol. The van der Waals surface area contributed by atoms with Crippen LogP contribution >= 0.6 is 0 Å². The quantitative estimate of drug-likeness (QED) is 0.0587. The maximum absolute atomic E-state index is 11.9. The van der Waals surface area contributed by atoms with Gasteiger partial charge in [-0.15, -0.1) is 0 Å². The molecule has 0 aliphatic rings. The summed E-state index contributed by atoms with van der Waals surface area (Å²) >= 11 is 0. The Morgan fingerprint density at radius 1 is 0.605 bits per heavy atom. The molecule has 0 aromatic carbocycles. The lowest BCUT2D eigenvalue weighted by Crippen LogP contribution is -2.49. The van der Waals surface area contributed by atoms with Crippen molar-refractivity contribution in [2.75, 3.05) is 20.8 Å². The van der Waals surface area contributed by atoms with E-state index in [0.29, 0.717) is 0 Å². The average Bonchev–Trinajstić information content (AvgIpc) is 2.92. The lowest BCUT2D eigenvalue weighted by atomic mass is 9.86. The highest BCUT2D eigenvalue weighted by atomic mass is 28.2. The van der Waals surface area contributed by atoms with E-state index in [4.69, 9.17) is 13.9 Å². The van der Waals surface area contributed by atoms with Crippen LogP contribution in [0.5, 0.6) is 0 Å². The molecule has 0 aromatic rings. The molecular formula is C32H68O5Si. The van der Waals surface area contributed by atoms with Crippen LogP contribution in [0.3, 0.4) is 0 Å². The largest absolute Gasteiger partial charge is 0.477 e. The molecule has 230 valence electrons. The molecule has 1 N–H and O–H groups in total. The van der Waals surface area contributed by atoms with E-state index in [-0.39, 0.29) is 5.92 Å². The van der Waals surface area contributed by atoms with Crippen LogP contribution in [0.4, 0.5) is 0 Å². The van der Waals surface area contributed by atoms with E-state index in [1.165, 1.54) is 130 Å². The topological polar surface area (TPSA) is 65.0 Å². The molecule has 1 atom stereocenters. The van der Waals surface area contributed by atoms with Crippen molar-refractivity contribution in [3.05, 3.63) is 0 Å². The van der Waals surface area contributed by atoms with Gasteiger partial charge in [0.15, 0.2) is 0 Å². The van der Waals surface area contributed by atoms with Crippen molar-refractivity contribution < 1.29 is 23.8 Å². The molecule has 0 saturated carbocycles. The van der Waals surface area contributed by atoms with Crippen molar-refractivity contribution >= 4 is 16.5 Å². The Morgan fingerprint density at radius 2 is 0.921 bits per heavy atom. The Labute approximate surface area is 241 Å². The number of rotatable bonds is 28. The van der Waals surface area contributed by atoms with Gasteiger partial charge in [-0.05, 0) is 19.3 Å². The monoisotopic (exact) mass is 560 g/mol. The van der Waals surface area contributed by atoms with Gasteiger partial charge in [0.2, 0.25) is 0 Å². The summed E-state index contributed by atoms with van der Waals surface area (Å²) in [5.74, 6) is -2.58. The zero-order valence-electron chi connectivity index (χ0n) is 26.6. The summed E-state index contributed by atoms with van der Waals surface area (Å²) in [5, 5.41) is 9.79. The molecule has 0 amide bonds. The molecule has 38 heavy (non-hydrogen) atoms. The summed E-state index contributed by atoms with van der Waals surface area (Å²) in [6, 6.07) is 0. The molecule has 0 rings (SSSR count). The molecule has 0 bridgehead atoms. The number of ether oxygens (including phenoxy) is 2. The third-order valence-corrected chi connectivity index (χ3v) is 8.11. The summed E-state index contributed by atoms with van der Waals surface area (Å²) in [6.45, 7) is 7.67. The van der Waals surface area contributed by atoms with E-state index in [1.807, 2.05) is 0 Å². The standard InChI is InChI=1S/C27H54O4.C5H14OSi/c1-5-7-9-11-12-13-14-15-16-17-18-20-22-24-25(23-21-19-10-8-6-2)27(30-3,31-4)26(28)29;1-2-3-4-5-6-7/h25H,5-24H2,1-4H3,(H,28,29);2-5H2,1,7H3. The summed E-state index contributed by atoms with van der Waals surface area (Å²) < 4.78 is 15.8. The van der Waals surface area contributed by atoms with Gasteiger partial charge in [-0.25, -0.2) is 4.79 Å². The number of carbonyl (C=O) groups is 1. The Bertz CT molecular complexity index is 467. The molecule has 0 spiro atoms. The van der Waals surface area contributed by atoms with Gasteiger partial charge in [0.1, 0.15) is 10.5 Å². The van der Waals surface area contributed by atoms with E-state index in [1.54, 1.807) is 0 Å². The van der Waals surface area contributed by atoms with Crippen molar-refractivity contribution in [1.29, 1.82) is 0 Å². The highest BCUT2D eigenvalue weighted by Crippen LogP contribution is 2.33. The Hall–Kier alpha value is -0.433. The zero-order valence-corrected chi connectivity index (χ0v) is 28.6. The van der Waals surface area contributed by atoms with Crippen LogP contribution in [-0.2, 0) is 18.7 Å². The van der Waals surface area contributed by atoms with E-state index < -0.39 is 11.8 Å². The molecule has 0 aliphatic carbocycles. The van der Waals surface area contributed by atoms with Gasteiger partial charge in [-0.3, -0.25) is 0 Å². The highest BCUT2D eigenvalue weighted by molar-refractivity contribution is 5.97. The van der Waals surface area contributed by atoms with Gasteiger partial charge in [-0.1, -0.05) is 149 Å². The number of unbranched alkanes of at least 4 members (excludes halogenated alkanes) is 18. The minimum Gasteiger partial charge on any atom is -0.477 e. The van der Waals surface area contributed by atoms with Crippen molar-refractivity contribution in [2.45, 2.75) is 174 Å². The highest BCUT2D eigenvalue weighted by Gasteiger charge is 2.46. The Kier molecular flexibility index (Phi) is 32.5. The third kappa shape index (κ3) is 22.4. The fourth-order valence-electron chi connectivity index (χ4n) is 5.19. The number of hydrogen-bond donors (Lipinski definition) is 1. The predicted molar refractivity (Wildman–Crippen MR) is 167 cm³/mol. The van der Waals surface area contributed by atoms with Crippen LogP contribution in [0, 0.1) is 5.92 Å². The second-order valence-electron chi connectivity index (χ2n) is 11.0. The van der Waals surface area contributed by atoms with Crippen molar-refractivity contribution in [3.8, 4) is 0 Å². The first-order valence-electron chi connectivity index (χ1n) is 16.3. The minimum absolute atomic E-state index is 0.0886. The van der Waals surface area contributed by atoms with E-state index in [9.17, 15) is 9.90 Å². The molecule has 1 unspecified atom stereocenters. The van der Waals surface area contributed by atoms with Crippen LogP contribution in [0.25, 0.3) is 0 Å². The molecule has 5 nitrogen and oxygen atoms in total. The Morgan fingerprint density at radius 3 is 1.21 bits per heavy atom. The van der Waals surface area contributed by atoms with E-state index in [0.717, 1.165) is 49.2 Å². The predicted octanol–water partition coefficient (Wildman–Crippen LogP) is 8.99. The maximum atomic E-state index is 11.9. The van der Waals surface area contributed by atoms with Crippen molar-refractivity contribution in [1.82, 2.24) is 0 Å². The molecule has 0 aliphatic heterocycles. The summed E-state index contributed by atoms with van der Waals surface area (Å²) in [5.41, 5.74) is 0. The number of hydrogen-bond acceptors (Lipinski definition) is 4. The lowest BCUT2D eigenvalue weighted by Gasteiger charge is -2.34. The summed E-state index contributed by atoms with van der Waals surface area (Å²) in [6.07, 6.45) is 28.7. The number of methoxy groups -OCH3 is 2. The number of carboxylic acids is 1. The van der Waals surface area contributed by atoms with Gasteiger partial charge < -0.3 is 19.0 Å². The average molecular weight is 561 g/mol. The third-order valence-electron chi connectivity index (χ3n) is 7.71. The second kappa shape index (κ2) is 31.1.